The molecule has 26 heavy (non-hydrogen) atoms. The predicted octanol–water partition coefficient (Wildman–Crippen LogP) is 5.44. The topological polar surface area (TPSA) is 33.2 Å². The maximum atomic E-state index is 13.1. The van der Waals surface area contributed by atoms with Gasteiger partial charge in [-0.25, -0.2) is 4.98 Å². The quantitative estimate of drug-likeness (QED) is 0.463. The average molecular weight is 379 g/mol. The molecule has 0 aliphatic rings. The minimum absolute atomic E-state index is 0.0769. The molecular weight excluding hydrogens is 360 g/mol. The number of anilines is 1. The van der Waals surface area contributed by atoms with Crippen LogP contribution in [0.1, 0.15) is 16.0 Å². The summed E-state index contributed by atoms with van der Waals surface area (Å²) in [6.07, 6.45) is 0.402. The molecule has 0 aliphatic carbocycles. The Morgan fingerprint density at radius 3 is 2.62 bits per heavy atom. The van der Waals surface area contributed by atoms with Crippen molar-refractivity contribution < 1.29 is 4.79 Å². The molecule has 2 aromatic heterocycles. The third kappa shape index (κ3) is 3.54. The molecule has 0 spiro atoms. The zero-order valence-electron chi connectivity index (χ0n) is 14.4. The van der Waals surface area contributed by atoms with E-state index >= 15 is 0 Å². The van der Waals surface area contributed by atoms with Gasteiger partial charge in [-0.15, -0.1) is 11.3 Å². The van der Waals surface area contributed by atoms with Crippen molar-refractivity contribution in [3.8, 4) is 0 Å². The van der Waals surface area contributed by atoms with Gasteiger partial charge in [0.1, 0.15) is 0 Å². The molecule has 5 heteroatoms. The van der Waals surface area contributed by atoms with Gasteiger partial charge in [0.2, 0.25) is 5.91 Å². The summed E-state index contributed by atoms with van der Waals surface area (Å²) in [5.41, 5.74) is 3.22. The van der Waals surface area contributed by atoms with Gasteiger partial charge in [0, 0.05) is 4.88 Å². The second-order valence-electron chi connectivity index (χ2n) is 6.14. The SMILES string of the molecule is Cc1cccc2sc(N(Cc3ccccc3)C(=O)Cc3cccs3)nc12. The number of para-hydroxylation sites is 1. The molecule has 2 aromatic carbocycles. The minimum Gasteiger partial charge on any atom is -0.283 e. The van der Waals surface area contributed by atoms with Crippen LogP contribution in [-0.4, -0.2) is 10.9 Å². The number of aromatic nitrogens is 1. The number of aryl methyl sites for hydroxylation is 1. The largest absolute Gasteiger partial charge is 0.283 e. The van der Waals surface area contributed by atoms with Gasteiger partial charge >= 0.3 is 0 Å². The number of carbonyl (C=O) groups is 1. The van der Waals surface area contributed by atoms with E-state index in [1.165, 1.54) is 0 Å². The Labute approximate surface area is 160 Å². The zero-order chi connectivity index (χ0) is 17.9. The standard InChI is InChI=1S/C21H18N2OS2/c1-15-7-5-11-18-20(15)22-21(26-18)23(14-16-8-3-2-4-9-16)19(24)13-17-10-6-12-25-17/h2-12H,13-14H2,1H3. The Balaban J connectivity index is 1.70. The highest BCUT2D eigenvalue weighted by molar-refractivity contribution is 7.22. The lowest BCUT2D eigenvalue weighted by molar-refractivity contribution is -0.118. The predicted molar refractivity (Wildman–Crippen MR) is 110 cm³/mol. The second-order valence-corrected chi connectivity index (χ2v) is 8.18. The fourth-order valence-corrected chi connectivity index (χ4v) is 4.63. The highest BCUT2D eigenvalue weighted by atomic mass is 32.1. The van der Waals surface area contributed by atoms with Gasteiger partial charge in [-0.05, 0) is 35.6 Å². The summed E-state index contributed by atoms with van der Waals surface area (Å²) in [5, 5.41) is 2.77. The van der Waals surface area contributed by atoms with Crippen molar-refractivity contribution in [2.45, 2.75) is 19.9 Å². The molecule has 0 aliphatic heterocycles. The number of nitrogens with zero attached hydrogens (tertiary/aromatic N) is 2. The number of carbonyl (C=O) groups excluding carboxylic acids is 1. The number of hydrogen-bond acceptors (Lipinski definition) is 4. The molecule has 1 amide bonds. The molecule has 130 valence electrons. The monoisotopic (exact) mass is 378 g/mol. The highest BCUT2D eigenvalue weighted by Gasteiger charge is 2.21. The van der Waals surface area contributed by atoms with Crippen molar-refractivity contribution in [3.63, 3.8) is 0 Å². The lowest BCUT2D eigenvalue weighted by Gasteiger charge is -2.19. The van der Waals surface area contributed by atoms with Crippen molar-refractivity contribution in [1.82, 2.24) is 4.98 Å². The lowest BCUT2D eigenvalue weighted by Crippen LogP contribution is -2.31. The van der Waals surface area contributed by atoms with Gasteiger partial charge in [0.15, 0.2) is 5.13 Å². The van der Waals surface area contributed by atoms with Crippen molar-refractivity contribution >= 4 is 43.9 Å². The summed E-state index contributed by atoms with van der Waals surface area (Å²) in [4.78, 5) is 20.8. The van der Waals surface area contributed by atoms with Crippen molar-refractivity contribution in [3.05, 3.63) is 82.0 Å². The van der Waals surface area contributed by atoms with Crippen molar-refractivity contribution in [1.29, 1.82) is 0 Å². The van der Waals surface area contributed by atoms with E-state index in [9.17, 15) is 4.79 Å². The third-order valence-electron chi connectivity index (χ3n) is 4.23. The van der Waals surface area contributed by atoms with Gasteiger partial charge in [0.05, 0.1) is 23.2 Å². The van der Waals surface area contributed by atoms with E-state index in [4.69, 9.17) is 4.98 Å². The van der Waals surface area contributed by atoms with Crippen molar-refractivity contribution in [2.24, 2.45) is 0 Å². The van der Waals surface area contributed by atoms with Crippen molar-refractivity contribution in [2.75, 3.05) is 4.90 Å². The number of thiophene rings is 1. The van der Waals surface area contributed by atoms with E-state index in [1.807, 2.05) is 58.8 Å². The Morgan fingerprint density at radius 1 is 1.04 bits per heavy atom. The van der Waals surface area contributed by atoms with Gasteiger partial charge in [-0.1, -0.05) is 59.9 Å². The zero-order valence-corrected chi connectivity index (χ0v) is 16.0. The molecule has 0 N–H and O–H groups in total. The van der Waals surface area contributed by atoms with Crippen LogP contribution in [0.3, 0.4) is 0 Å². The van der Waals surface area contributed by atoms with Crippen LogP contribution in [0.25, 0.3) is 10.2 Å². The van der Waals surface area contributed by atoms with Gasteiger partial charge in [-0.3, -0.25) is 9.69 Å². The van der Waals surface area contributed by atoms with Crippen LogP contribution in [-0.2, 0) is 17.8 Å². The summed E-state index contributed by atoms with van der Waals surface area (Å²) in [6.45, 7) is 2.59. The molecule has 4 aromatic rings. The van der Waals surface area contributed by atoms with E-state index in [0.717, 1.165) is 31.4 Å². The fourth-order valence-electron chi connectivity index (χ4n) is 2.88. The molecule has 0 saturated heterocycles. The van der Waals surface area contributed by atoms with Crippen LogP contribution in [0.2, 0.25) is 0 Å². The first-order valence-corrected chi connectivity index (χ1v) is 10.1. The number of benzene rings is 2. The van der Waals surface area contributed by atoms with Crippen LogP contribution in [0.5, 0.6) is 0 Å². The second kappa shape index (κ2) is 7.40. The van der Waals surface area contributed by atoms with Gasteiger partial charge in [-0.2, -0.15) is 0 Å². The molecule has 0 fully saturated rings. The maximum Gasteiger partial charge on any atom is 0.234 e. The molecule has 0 radical (unpaired) electrons. The third-order valence-corrected chi connectivity index (χ3v) is 6.15. The average Bonchev–Trinajstić information content (AvgIpc) is 3.30. The maximum absolute atomic E-state index is 13.1. The van der Waals surface area contributed by atoms with Crippen LogP contribution >= 0.6 is 22.7 Å². The Hall–Kier alpha value is -2.50. The number of rotatable bonds is 5. The van der Waals surface area contributed by atoms with E-state index in [2.05, 4.69) is 19.1 Å². The van der Waals surface area contributed by atoms with Crippen LogP contribution in [0.15, 0.2) is 66.0 Å². The van der Waals surface area contributed by atoms with E-state index < -0.39 is 0 Å². The molecular formula is C21H18N2OS2. The van der Waals surface area contributed by atoms with Gasteiger partial charge < -0.3 is 0 Å². The number of thiazole rings is 1. The normalized spacial score (nSPS) is 11.0. The molecule has 0 unspecified atom stereocenters. The summed E-state index contributed by atoms with van der Waals surface area (Å²) in [7, 11) is 0. The van der Waals surface area contributed by atoms with Crippen LogP contribution in [0.4, 0.5) is 5.13 Å². The molecule has 0 saturated carbocycles. The first-order chi connectivity index (χ1) is 12.7. The Kier molecular flexibility index (Phi) is 4.82. The van der Waals surface area contributed by atoms with Crippen LogP contribution in [0, 0.1) is 6.92 Å². The van der Waals surface area contributed by atoms with E-state index in [0.29, 0.717) is 13.0 Å². The number of fused-ring (bicyclic) bond motifs is 1. The molecule has 3 nitrogen and oxygen atoms in total. The number of amides is 1. The van der Waals surface area contributed by atoms with Gasteiger partial charge in [0.25, 0.3) is 0 Å². The smallest absolute Gasteiger partial charge is 0.234 e. The lowest BCUT2D eigenvalue weighted by atomic mass is 10.2. The first kappa shape index (κ1) is 16.9. The van der Waals surface area contributed by atoms with Crippen LogP contribution < -0.4 is 4.90 Å². The summed E-state index contributed by atoms with van der Waals surface area (Å²) in [5.74, 6) is 0.0769. The molecule has 0 bridgehead atoms. The number of hydrogen-bond donors (Lipinski definition) is 0. The molecule has 0 atom stereocenters. The minimum atomic E-state index is 0.0769. The molecule has 4 rings (SSSR count). The fraction of sp³-hybridized carbons (Fsp3) is 0.143. The Bertz CT molecular complexity index is 1020. The van der Waals surface area contributed by atoms with E-state index in [1.54, 1.807) is 22.7 Å². The first-order valence-electron chi connectivity index (χ1n) is 8.43. The molecule has 2 heterocycles. The summed E-state index contributed by atoms with van der Waals surface area (Å²) < 4.78 is 1.11. The summed E-state index contributed by atoms with van der Waals surface area (Å²) >= 11 is 3.19. The van der Waals surface area contributed by atoms with E-state index in [-0.39, 0.29) is 5.91 Å². The summed E-state index contributed by atoms with van der Waals surface area (Å²) in [6, 6.07) is 20.2. The highest BCUT2D eigenvalue weighted by Crippen LogP contribution is 2.32. The Morgan fingerprint density at radius 2 is 1.88 bits per heavy atom.